The number of hydrogen-bond acceptors (Lipinski definition) is 1. The lowest BCUT2D eigenvalue weighted by Gasteiger charge is -2.07. The second-order valence-electron chi connectivity index (χ2n) is 4.34. The maximum absolute atomic E-state index is 5.97. The van der Waals surface area contributed by atoms with Crippen molar-refractivity contribution in [3.8, 4) is 0 Å². The molecule has 3 heteroatoms. The second-order valence-corrected chi connectivity index (χ2v) is 4.77. The van der Waals surface area contributed by atoms with Crippen LogP contribution in [0.4, 0.5) is 11.4 Å². The van der Waals surface area contributed by atoms with Crippen molar-refractivity contribution in [1.29, 1.82) is 0 Å². The van der Waals surface area contributed by atoms with Gasteiger partial charge in [0, 0.05) is 40.5 Å². The molecule has 0 radical (unpaired) electrons. The Morgan fingerprint density at radius 2 is 1.83 bits per heavy atom. The SMILES string of the molecule is Cn1ccc2cc(Nc3cccc(Cl)c3)ccc21. The minimum Gasteiger partial charge on any atom is -0.355 e. The molecule has 0 bridgehead atoms. The number of nitrogens with one attached hydrogen (secondary N) is 1. The lowest BCUT2D eigenvalue weighted by molar-refractivity contribution is 0.969. The van der Waals surface area contributed by atoms with Gasteiger partial charge in [-0.15, -0.1) is 0 Å². The highest BCUT2D eigenvalue weighted by molar-refractivity contribution is 6.30. The summed E-state index contributed by atoms with van der Waals surface area (Å²) in [7, 11) is 2.05. The molecule has 0 aliphatic heterocycles. The Bertz CT molecular complexity index is 701. The van der Waals surface area contributed by atoms with E-state index in [-0.39, 0.29) is 0 Å². The molecule has 0 saturated carbocycles. The Labute approximate surface area is 111 Å². The van der Waals surface area contributed by atoms with E-state index >= 15 is 0 Å². The van der Waals surface area contributed by atoms with Crippen molar-refractivity contribution in [3.05, 3.63) is 59.8 Å². The summed E-state index contributed by atoms with van der Waals surface area (Å²) in [5, 5.41) is 5.32. The van der Waals surface area contributed by atoms with Crippen molar-refractivity contribution < 1.29 is 0 Å². The number of hydrogen-bond donors (Lipinski definition) is 1. The predicted octanol–water partition coefficient (Wildman–Crippen LogP) is 4.58. The molecule has 1 heterocycles. The van der Waals surface area contributed by atoms with E-state index in [9.17, 15) is 0 Å². The zero-order valence-corrected chi connectivity index (χ0v) is 10.8. The van der Waals surface area contributed by atoms with Crippen LogP contribution in [0, 0.1) is 0 Å². The summed E-state index contributed by atoms with van der Waals surface area (Å²) >= 11 is 5.97. The highest BCUT2D eigenvalue weighted by Crippen LogP contribution is 2.24. The number of benzene rings is 2. The minimum atomic E-state index is 0.737. The maximum Gasteiger partial charge on any atom is 0.0479 e. The maximum atomic E-state index is 5.97. The van der Waals surface area contributed by atoms with Crippen LogP contribution >= 0.6 is 11.6 Å². The lowest BCUT2D eigenvalue weighted by Crippen LogP contribution is -1.90. The molecule has 90 valence electrons. The van der Waals surface area contributed by atoms with E-state index in [0.717, 1.165) is 16.4 Å². The van der Waals surface area contributed by atoms with Gasteiger partial charge in [0.05, 0.1) is 0 Å². The number of halogens is 1. The minimum absolute atomic E-state index is 0.737. The van der Waals surface area contributed by atoms with Gasteiger partial charge in [-0.1, -0.05) is 17.7 Å². The molecule has 18 heavy (non-hydrogen) atoms. The molecule has 3 rings (SSSR count). The van der Waals surface area contributed by atoms with Gasteiger partial charge in [-0.3, -0.25) is 0 Å². The first-order chi connectivity index (χ1) is 8.72. The number of nitrogens with zero attached hydrogens (tertiary/aromatic N) is 1. The predicted molar refractivity (Wildman–Crippen MR) is 77.7 cm³/mol. The zero-order chi connectivity index (χ0) is 12.5. The molecule has 0 aliphatic carbocycles. The van der Waals surface area contributed by atoms with Crippen LogP contribution in [-0.4, -0.2) is 4.57 Å². The van der Waals surface area contributed by atoms with E-state index in [1.54, 1.807) is 0 Å². The van der Waals surface area contributed by atoms with E-state index in [2.05, 4.69) is 40.3 Å². The molecular weight excluding hydrogens is 244 g/mol. The largest absolute Gasteiger partial charge is 0.355 e. The van der Waals surface area contributed by atoms with Crippen LogP contribution in [0.1, 0.15) is 0 Å². The summed E-state index contributed by atoms with van der Waals surface area (Å²) in [4.78, 5) is 0. The summed E-state index contributed by atoms with van der Waals surface area (Å²) in [5.74, 6) is 0. The average Bonchev–Trinajstić information content (AvgIpc) is 2.71. The van der Waals surface area contributed by atoms with Crippen LogP contribution in [0.25, 0.3) is 10.9 Å². The lowest BCUT2D eigenvalue weighted by atomic mass is 10.2. The van der Waals surface area contributed by atoms with Crippen LogP contribution in [0.15, 0.2) is 54.7 Å². The molecule has 2 nitrogen and oxygen atoms in total. The van der Waals surface area contributed by atoms with Gasteiger partial charge in [0.2, 0.25) is 0 Å². The van der Waals surface area contributed by atoms with Gasteiger partial charge in [0.15, 0.2) is 0 Å². The van der Waals surface area contributed by atoms with E-state index < -0.39 is 0 Å². The highest BCUT2D eigenvalue weighted by atomic mass is 35.5. The first-order valence-electron chi connectivity index (χ1n) is 5.80. The van der Waals surface area contributed by atoms with Crippen LogP contribution < -0.4 is 5.32 Å². The first kappa shape index (κ1) is 11.2. The zero-order valence-electron chi connectivity index (χ0n) is 10.0. The molecule has 0 atom stereocenters. The Balaban J connectivity index is 1.95. The van der Waals surface area contributed by atoms with Crippen LogP contribution in [0.2, 0.25) is 5.02 Å². The topological polar surface area (TPSA) is 17.0 Å². The highest BCUT2D eigenvalue weighted by Gasteiger charge is 2.00. The van der Waals surface area contributed by atoms with Gasteiger partial charge >= 0.3 is 0 Å². The third-order valence-corrected chi connectivity index (χ3v) is 3.23. The van der Waals surface area contributed by atoms with Gasteiger partial charge in [-0.2, -0.15) is 0 Å². The van der Waals surface area contributed by atoms with Crippen LogP contribution in [0.3, 0.4) is 0 Å². The summed E-state index contributed by atoms with van der Waals surface area (Å²) in [6.07, 6.45) is 2.06. The third kappa shape index (κ3) is 2.07. The van der Waals surface area contributed by atoms with E-state index in [0.29, 0.717) is 0 Å². The Morgan fingerprint density at radius 1 is 1.00 bits per heavy atom. The van der Waals surface area contributed by atoms with Gasteiger partial charge in [0.25, 0.3) is 0 Å². The summed E-state index contributed by atoms with van der Waals surface area (Å²) in [6.45, 7) is 0. The van der Waals surface area contributed by atoms with Crippen molar-refractivity contribution in [2.75, 3.05) is 5.32 Å². The van der Waals surface area contributed by atoms with E-state index in [4.69, 9.17) is 11.6 Å². The molecule has 0 aliphatic rings. The molecule has 3 aromatic rings. The monoisotopic (exact) mass is 256 g/mol. The fraction of sp³-hybridized carbons (Fsp3) is 0.0667. The normalized spacial score (nSPS) is 10.8. The van der Waals surface area contributed by atoms with Gasteiger partial charge in [0.1, 0.15) is 0 Å². The number of aromatic nitrogens is 1. The van der Waals surface area contributed by atoms with Crippen molar-refractivity contribution in [3.63, 3.8) is 0 Å². The summed E-state index contributed by atoms with van der Waals surface area (Å²) in [6, 6.07) is 16.1. The Morgan fingerprint density at radius 3 is 2.67 bits per heavy atom. The molecule has 0 amide bonds. The molecule has 0 spiro atoms. The summed E-state index contributed by atoms with van der Waals surface area (Å²) < 4.78 is 2.11. The molecule has 0 saturated heterocycles. The Hall–Kier alpha value is -1.93. The van der Waals surface area contributed by atoms with Crippen molar-refractivity contribution in [2.24, 2.45) is 7.05 Å². The van der Waals surface area contributed by atoms with E-state index in [1.807, 2.05) is 31.3 Å². The molecular formula is C15H13ClN2. The standard InChI is InChI=1S/C15H13ClN2/c1-18-8-7-11-9-14(5-6-15(11)18)17-13-4-2-3-12(16)10-13/h2-10,17H,1H3. The second kappa shape index (κ2) is 4.39. The van der Waals surface area contributed by atoms with Gasteiger partial charge < -0.3 is 9.88 Å². The number of anilines is 2. The van der Waals surface area contributed by atoms with Gasteiger partial charge in [-0.25, -0.2) is 0 Å². The summed E-state index contributed by atoms with van der Waals surface area (Å²) in [5.41, 5.74) is 3.29. The first-order valence-corrected chi connectivity index (χ1v) is 6.18. The van der Waals surface area contributed by atoms with Crippen LogP contribution in [0.5, 0.6) is 0 Å². The molecule has 0 fully saturated rings. The van der Waals surface area contributed by atoms with Crippen molar-refractivity contribution >= 4 is 33.9 Å². The van der Waals surface area contributed by atoms with Crippen molar-refractivity contribution in [2.45, 2.75) is 0 Å². The van der Waals surface area contributed by atoms with Crippen LogP contribution in [-0.2, 0) is 7.05 Å². The average molecular weight is 257 g/mol. The smallest absolute Gasteiger partial charge is 0.0479 e. The number of aryl methyl sites for hydroxylation is 1. The molecule has 2 aromatic carbocycles. The third-order valence-electron chi connectivity index (χ3n) is 3.00. The quantitative estimate of drug-likeness (QED) is 0.710. The fourth-order valence-electron chi connectivity index (χ4n) is 2.09. The van der Waals surface area contributed by atoms with E-state index in [1.165, 1.54) is 10.9 Å². The van der Waals surface area contributed by atoms with Crippen molar-refractivity contribution in [1.82, 2.24) is 4.57 Å². The molecule has 0 unspecified atom stereocenters. The van der Waals surface area contributed by atoms with Gasteiger partial charge in [-0.05, 0) is 42.5 Å². The molecule has 1 N–H and O–H groups in total. The molecule has 1 aromatic heterocycles. The fourth-order valence-corrected chi connectivity index (χ4v) is 2.28. The number of rotatable bonds is 2. The Kier molecular flexibility index (Phi) is 2.73. The number of fused-ring (bicyclic) bond motifs is 1.